The number of hydrogen-bond acceptors (Lipinski definition) is 3. The first kappa shape index (κ1) is 4.18. The molecule has 1 rings (SSSR count). The first-order chi connectivity index (χ1) is 3.29. The number of hydrogen-bond donors (Lipinski definition) is 0. The average Bonchev–Trinajstić information content (AvgIpc) is 1.87. The van der Waals surface area contributed by atoms with Crippen molar-refractivity contribution in [3.63, 3.8) is 0 Å². The molecule has 0 aromatic rings. The Labute approximate surface area is 40.3 Å². The molecule has 0 N–H and O–H groups in total. The summed E-state index contributed by atoms with van der Waals surface area (Å²) < 4.78 is 4.03. The Morgan fingerprint density at radius 3 is 2.43 bits per heavy atom. The summed E-state index contributed by atoms with van der Waals surface area (Å²) in [7, 11) is 0. The molecule has 0 aromatic carbocycles. The molecule has 0 unspecified atom stereocenters. The van der Waals surface area contributed by atoms with Crippen molar-refractivity contribution in [3.8, 4) is 0 Å². The van der Waals surface area contributed by atoms with Crippen LogP contribution in [0.15, 0.2) is 0 Å². The van der Waals surface area contributed by atoms with Gasteiger partial charge in [0.1, 0.15) is 0 Å². The molecule has 0 radical (unpaired) electrons. The fourth-order valence-corrected chi connectivity index (χ4v) is 0.362. The fraction of sp³-hybridized carbons (Fsp3) is 0.250. The number of cyclic esters (lactones) is 2. The Balaban J connectivity index is 2.55. The second kappa shape index (κ2) is 1.26. The van der Waals surface area contributed by atoms with Crippen LogP contribution in [0, 0.1) is 6.42 Å². The Kier molecular flexibility index (Phi) is 0.749. The van der Waals surface area contributed by atoms with Crippen molar-refractivity contribution in [2.24, 2.45) is 0 Å². The SMILES string of the molecule is O=C1[CH+]CC(=O)O1. The van der Waals surface area contributed by atoms with Gasteiger partial charge in [0.15, 0.2) is 6.42 Å². The van der Waals surface area contributed by atoms with Crippen molar-refractivity contribution in [1.29, 1.82) is 0 Å². The van der Waals surface area contributed by atoms with Crippen LogP contribution in [0.1, 0.15) is 6.42 Å². The van der Waals surface area contributed by atoms with Crippen LogP contribution in [0.2, 0.25) is 0 Å². The van der Waals surface area contributed by atoms with Gasteiger partial charge in [-0.2, -0.15) is 4.79 Å². The van der Waals surface area contributed by atoms with Crippen molar-refractivity contribution in [2.75, 3.05) is 0 Å². The molecule has 1 aliphatic heterocycles. The normalized spacial score (nSPS) is 18.9. The summed E-state index contributed by atoms with van der Waals surface area (Å²) in [5.41, 5.74) is 0. The molecule has 1 saturated heterocycles. The highest BCUT2D eigenvalue weighted by atomic mass is 16.6. The van der Waals surface area contributed by atoms with Crippen LogP contribution in [0.4, 0.5) is 0 Å². The minimum atomic E-state index is -0.523. The van der Waals surface area contributed by atoms with Crippen LogP contribution in [-0.4, -0.2) is 11.9 Å². The number of rotatable bonds is 0. The van der Waals surface area contributed by atoms with E-state index in [2.05, 4.69) is 4.74 Å². The summed E-state index contributed by atoms with van der Waals surface area (Å²) in [4.78, 5) is 19.9. The summed E-state index contributed by atoms with van der Waals surface area (Å²) in [5, 5.41) is 0. The Morgan fingerprint density at radius 2 is 2.29 bits per heavy atom. The quantitative estimate of drug-likeness (QED) is 0.237. The van der Waals surface area contributed by atoms with Gasteiger partial charge < -0.3 is 4.74 Å². The van der Waals surface area contributed by atoms with Crippen molar-refractivity contribution in [3.05, 3.63) is 6.42 Å². The summed E-state index contributed by atoms with van der Waals surface area (Å²) in [5.74, 6) is -0.977. The molecule has 0 atom stereocenters. The zero-order valence-electron chi connectivity index (χ0n) is 3.51. The van der Waals surface area contributed by atoms with Crippen LogP contribution < -0.4 is 0 Å². The molecule has 0 aliphatic carbocycles. The Morgan fingerprint density at radius 1 is 1.57 bits per heavy atom. The molecular formula is C4H3O3+. The summed E-state index contributed by atoms with van der Waals surface area (Å²) in [6, 6.07) is 0. The van der Waals surface area contributed by atoms with E-state index in [0.717, 1.165) is 0 Å². The number of carbonyl (C=O) groups is 2. The molecule has 0 spiro atoms. The standard InChI is InChI=1S/C4H3O3/c5-3-1-2-4(6)7-3/h1H,2H2/q+1. The number of ether oxygens (including phenoxy) is 1. The van der Waals surface area contributed by atoms with E-state index in [0.29, 0.717) is 0 Å². The molecule has 3 nitrogen and oxygen atoms in total. The van der Waals surface area contributed by atoms with Gasteiger partial charge in [0, 0.05) is 0 Å². The third kappa shape index (κ3) is 0.707. The molecule has 0 saturated carbocycles. The van der Waals surface area contributed by atoms with Crippen molar-refractivity contribution >= 4 is 11.9 Å². The van der Waals surface area contributed by atoms with E-state index < -0.39 is 11.9 Å². The Hall–Kier alpha value is -0.990. The molecule has 0 aromatic heterocycles. The fourth-order valence-electron chi connectivity index (χ4n) is 0.362. The van der Waals surface area contributed by atoms with E-state index in [1.165, 1.54) is 6.42 Å². The van der Waals surface area contributed by atoms with Gasteiger partial charge in [-0.05, 0) is 0 Å². The lowest BCUT2D eigenvalue weighted by Crippen LogP contribution is -1.95. The first-order valence-electron chi connectivity index (χ1n) is 1.87. The molecule has 3 heteroatoms. The van der Waals surface area contributed by atoms with Gasteiger partial charge in [0.05, 0.1) is 0 Å². The zero-order chi connectivity index (χ0) is 5.28. The van der Waals surface area contributed by atoms with Gasteiger partial charge in [0.2, 0.25) is 6.42 Å². The molecule has 7 heavy (non-hydrogen) atoms. The van der Waals surface area contributed by atoms with Gasteiger partial charge >= 0.3 is 11.9 Å². The van der Waals surface area contributed by atoms with Crippen LogP contribution in [0.5, 0.6) is 0 Å². The molecule has 0 amide bonds. The summed E-state index contributed by atoms with van der Waals surface area (Å²) >= 11 is 0. The maximum atomic E-state index is 9.98. The van der Waals surface area contributed by atoms with E-state index in [4.69, 9.17) is 0 Å². The van der Waals surface area contributed by atoms with Gasteiger partial charge in [0.25, 0.3) is 0 Å². The smallest absolute Gasteiger partial charge is 0.352 e. The highest BCUT2D eigenvalue weighted by molar-refractivity contribution is 5.99. The van der Waals surface area contributed by atoms with Crippen molar-refractivity contribution < 1.29 is 14.3 Å². The number of carbonyl (C=O) groups excluding carboxylic acids is 2. The predicted molar refractivity (Wildman–Crippen MR) is 20.0 cm³/mol. The van der Waals surface area contributed by atoms with Crippen LogP contribution in [-0.2, 0) is 14.3 Å². The zero-order valence-corrected chi connectivity index (χ0v) is 3.51. The van der Waals surface area contributed by atoms with Gasteiger partial charge in [-0.25, -0.2) is 4.79 Å². The van der Waals surface area contributed by atoms with Crippen molar-refractivity contribution in [2.45, 2.75) is 6.42 Å². The Bertz CT molecular complexity index is 102. The topological polar surface area (TPSA) is 43.4 Å². The minimum absolute atomic E-state index is 0.138. The van der Waals surface area contributed by atoms with Crippen LogP contribution in [0.25, 0.3) is 0 Å². The second-order valence-electron chi connectivity index (χ2n) is 1.20. The molecule has 0 bridgehead atoms. The molecule has 36 valence electrons. The number of esters is 2. The third-order valence-electron chi connectivity index (χ3n) is 0.650. The monoisotopic (exact) mass is 99.0 g/mol. The molecular weight excluding hydrogens is 96.0 g/mol. The van der Waals surface area contributed by atoms with E-state index in [-0.39, 0.29) is 6.42 Å². The van der Waals surface area contributed by atoms with Gasteiger partial charge in [-0.3, -0.25) is 0 Å². The van der Waals surface area contributed by atoms with Gasteiger partial charge in [-0.1, -0.05) is 0 Å². The minimum Gasteiger partial charge on any atom is -0.352 e. The van der Waals surface area contributed by atoms with Crippen LogP contribution in [0.3, 0.4) is 0 Å². The summed E-state index contributed by atoms with van der Waals surface area (Å²) in [6.07, 6.45) is 1.35. The lowest BCUT2D eigenvalue weighted by atomic mass is 10.4. The van der Waals surface area contributed by atoms with Crippen LogP contribution >= 0.6 is 0 Å². The van der Waals surface area contributed by atoms with E-state index in [1.54, 1.807) is 0 Å². The van der Waals surface area contributed by atoms with Gasteiger partial charge in [-0.15, -0.1) is 0 Å². The second-order valence-corrected chi connectivity index (χ2v) is 1.20. The first-order valence-corrected chi connectivity index (χ1v) is 1.87. The summed E-state index contributed by atoms with van der Waals surface area (Å²) in [6.45, 7) is 0. The van der Waals surface area contributed by atoms with E-state index in [1.807, 2.05) is 0 Å². The molecule has 1 aliphatic rings. The maximum Gasteiger partial charge on any atom is 0.504 e. The van der Waals surface area contributed by atoms with E-state index in [9.17, 15) is 9.59 Å². The van der Waals surface area contributed by atoms with E-state index >= 15 is 0 Å². The lowest BCUT2D eigenvalue weighted by molar-refractivity contribution is -0.151. The largest absolute Gasteiger partial charge is 0.504 e. The lowest BCUT2D eigenvalue weighted by Gasteiger charge is -1.72. The average molecular weight is 99.1 g/mol. The van der Waals surface area contributed by atoms with Crippen molar-refractivity contribution in [1.82, 2.24) is 0 Å². The highest BCUT2D eigenvalue weighted by Gasteiger charge is 2.30. The maximum absolute atomic E-state index is 9.98. The predicted octanol–water partition coefficient (Wildman–Crippen LogP) is -0.336. The molecule has 1 heterocycles. The molecule has 1 fully saturated rings. The third-order valence-corrected chi connectivity index (χ3v) is 0.650. The highest BCUT2D eigenvalue weighted by Crippen LogP contribution is 2.02.